The number of carbonyl (C=O) groups is 4. The molecule has 146 valence electrons. The molecule has 28 heavy (non-hydrogen) atoms. The molecule has 0 aliphatic carbocycles. The number of halogens is 2. The van der Waals surface area contributed by atoms with E-state index in [1.54, 1.807) is 0 Å². The van der Waals surface area contributed by atoms with E-state index in [0.717, 1.165) is 48.5 Å². The van der Waals surface area contributed by atoms with Crippen molar-refractivity contribution < 1.29 is 47.6 Å². The molecule has 2 aromatic rings. The van der Waals surface area contributed by atoms with Crippen molar-refractivity contribution >= 4 is 23.9 Å². The number of aliphatic hydroxyl groups excluding tert-OH is 2. The first kappa shape index (κ1) is 20.8. The molecule has 2 atom stereocenters. The van der Waals surface area contributed by atoms with Crippen LogP contribution in [0.4, 0.5) is 8.78 Å². The van der Waals surface area contributed by atoms with Crippen molar-refractivity contribution in [3.63, 3.8) is 0 Å². The number of rotatable bonds is 5. The Morgan fingerprint density at radius 3 is 1.21 bits per heavy atom. The van der Waals surface area contributed by atoms with Gasteiger partial charge in [-0.3, -0.25) is 0 Å². The molecule has 2 N–H and O–H groups in total. The summed E-state index contributed by atoms with van der Waals surface area (Å²) in [5.41, 5.74) is -0.462. The van der Waals surface area contributed by atoms with Crippen LogP contribution in [-0.4, -0.2) is 46.3 Å². The third kappa shape index (κ3) is 5.25. The van der Waals surface area contributed by atoms with Gasteiger partial charge in [0.2, 0.25) is 0 Å². The zero-order chi connectivity index (χ0) is 20.8. The summed E-state index contributed by atoms with van der Waals surface area (Å²) in [5, 5.41) is 19.2. The Labute approximate surface area is 155 Å². The maximum absolute atomic E-state index is 12.8. The van der Waals surface area contributed by atoms with Crippen molar-refractivity contribution in [2.75, 3.05) is 0 Å². The quantitative estimate of drug-likeness (QED) is 0.562. The summed E-state index contributed by atoms with van der Waals surface area (Å²) in [6, 6.07) is 7.70. The molecule has 0 aromatic heterocycles. The van der Waals surface area contributed by atoms with Gasteiger partial charge in [-0.1, -0.05) is 0 Å². The van der Waals surface area contributed by atoms with Crippen LogP contribution in [0.3, 0.4) is 0 Å². The molecule has 0 fully saturated rings. The predicted molar refractivity (Wildman–Crippen MR) is 85.7 cm³/mol. The number of esters is 4. The fourth-order valence-corrected chi connectivity index (χ4v) is 1.85. The molecule has 0 amide bonds. The third-order valence-corrected chi connectivity index (χ3v) is 3.33. The summed E-state index contributed by atoms with van der Waals surface area (Å²) >= 11 is 0. The molecule has 0 heterocycles. The van der Waals surface area contributed by atoms with Gasteiger partial charge in [0.25, 0.3) is 0 Å². The largest absolute Gasteiger partial charge is 0.387 e. The lowest BCUT2D eigenvalue weighted by Crippen LogP contribution is -2.43. The van der Waals surface area contributed by atoms with E-state index >= 15 is 0 Å². The van der Waals surface area contributed by atoms with Crippen molar-refractivity contribution in [1.29, 1.82) is 0 Å². The van der Waals surface area contributed by atoms with E-state index in [0.29, 0.717) is 0 Å². The van der Waals surface area contributed by atoms with Gasteiger partial charge in [-0.15, -0.1) is 0 Å². The maximum atomic E-state index is 12.8. The van der Waals surface area contributed by atoms with Crippen LogP contribution in [0.1, 0.15) is 20.7 Å². The molecule has 0 aliphatic heterocycles. The van der Waals surface area contributed by atoms with Gasteiger partial charge in [-0.05, 0) is 48.5 Å². The number of ether oxygens (including phenoxy) is 2. The first-order valence-electron chi connectivity index (χ1n) is 7.58. The van der Waals surface area contributed by atoms with E-state index in [9.17, 15) is 38.2 Å². The molecular weight excluding hydrogens is 382 g/mol. The predicted octanol–water partition coefficient (Wildman–Crippen LogP) is 0.754. The highest BCUT2D eigenvalue weighted by molar-refractivity contribution is 6.01. The molecule has 0 saturated heterocycles. The highest BCUT2D eigenvalue weighted by Gasteiger charge is 2.35. The van der Waals surface area contributed by atoms with Crippen LogP contribution in [0.5, 0.6) is 0 Å². The van der Waals surface area contributed by atoms with Crippen LogP contribution >= 0.6 is 0 Å². The van der Waals surface area contributed by atoms with E-state index in [2.05, 4.69) is 9.47 Å². The Balaban J connectivity index is 1.95. The first-order valence-corrected chi connectivity index (χ1v) is 7.58. The number of aliphatic hydroxyl groups is 2. The SMILES string of the molecule is O=C(OC(=O)C(O)C(O)C(=O)OC(=O)c1ccc(F)cc1)c1ccc(F)cc1. The summed E-state index contributed by atoms with van der Waals surface area (Å²) in [7, 11) is 0. The van der Waals surface area contributed by atoms with E-state index in [-0.39, 0.29) is 11.1 Å². The van der Waals surface area contributed by atoms with Crippen LogP contribution in [0.15, 0.2) is 48.5 Å². The normalized spacial score (nSPS) is 12.6. The average molecular weight is 394 g/mol. The Kier molecular flexibility index (Phi) is 6.64. The highest BCUT2D eigenvalue weighted by Crippen LogP contribution is 2.09. The molecule has 2 rings (SSSR count). The molecule has 0 spiro atoms. The second kappa shape index (κ2) is 8.93. The van der Waals surface area contributed by atoms with Crippen LogP contribution in [0.2, 0.25) is 0 Å². The molecule has 2 aromatic carbocycles. The van der Waals surface area contributed by atoms with E-state index in [1.807, 2.05) is 0 Å². The zero-order valence-corrected chi connectivity index (χ0v) is 13.9. The number of carbonyl (C=O) groups excluding carboxylic acids is 4. The van der Waals surface area contributed by atoms with Crippen molar-refractivity contribution in [3.8, 4) is 0 Å². The van der Waals surface area contributed by atoms with Gasteiger partial charge in [-0.25, -0.2) is 28.0 Å². The molecule has 2 unspecified atom stereocenters. The minimum Gasteiger partial charge on any atom is -0.387 e. The lowest BCUT2D eigenvalue weighted by molar-refractivity contribution is -0.166. The van der Waals surface area contributed by atoms with Gasteiger partial charge in [0, 0.05) is 0 Å². The fraction of sp³-hybridized carbons (Fsp3) is 0.111. The Morgan fingerprint density at radius 2 is 0.929 bits per heavy atom. The summed E-state index contributed by atoms with van der Waals surface area (Å²) < 4.78 is 34.1. The Morgan fingerprint density at radius 1 is 0.643 bits per heavy atom. The summed E-state index contributed by atoms with van der Waals surface area (Å²) in [6.45, 7) is 0. The van der Waals surface area contributed by atoms with E-state index in [1.165, 1.54) is 0 Å². The smallest absolute Gasteiger partial charge is 0.346 e. The minimum absolute atomic E-state index is 0.231. The van der Waals surface area contributed by atoms with Gasteiger partial charge in [0.05, 0.1) is 11.1 Å². The molecule has 8 nitrogen and oxygen atoms in total. The van der Waals surface area contributed by atoms with Gasteiger partial charge in [0.15, 0.2) is 12.2 Å². The Hall–Kier alpha value is -3.50. The van der Waals surface area contributed by atoms with Crippen LogP contribution in [-0.2, 0) is 19.1 Å². The van der Waals surface area contributed by atoms with Gasteiger partial charge < -0.3 is 19.7 Å². The minimum atomic E-state index is -2.54. The van der Waals surface area contributed by atoms with Gasteiger partial charge in [0.1, 0.15) is 11.6 Å². The average Bonchev–Trinajstić information content (AvgIpc) is 2.67. The first-order chi connectivity index (χ1) is 13.2. The van der Waals surface area contributed by atoms with E-state index in [4.69, 9.17) is 0 Å². The molecule has 0 bridgehead atoms. The third-order valence-electron chi connectivity index (χ3n) is 3.33. The van der Waals surface area contributed by atoms with Crippen molar-refractivity contribution in [2.45, 2.75) is 12.2 Å². The Bertz CT molecular complexity index is 817. The lowest BCUT2D eigenvalue weighted by atomic mass is 10.2. The van der Waals surface area contributed by atoms with Gasteiger partial charge in [-0.2, -0.15) is 0 Å². The fourth-order valence-electron chi connectivity index (χ4n) is 1.85. The standard InChI is InChI=1S/C18H12F2O8/c19-11-5-1-9(2-6-11)15(23)27-17(25)13(21)14(22)18(26)28-16(24)10-3-7-12(20)8-4-10/h1-8,13-14,21-22H. The second-order valence-electron chi connectivity index (χ2n) is 5.32. The van der Waals surface area contributed by atoms with Crippen LogP contribution < -0.4 is 0 Å². The lowest BCUT2D eigenvalue weighted by Gasteiger charge is -2.14. The van der Waals surface area contributed by atoms with Crippen molar-refractivity contribution in [1.82, 2.24) is 0 Å². The maximum Gasteiger partial charge on any atom is 0.346 e. The van der Waals surface area contributed by atoms with Crippen LogP contribution in [0, 0.1) is 11.6 Å². The zero-order valence-electron chi connectivity index (χ0n) is 13.9. The summed E-state index contributed by atoms with van der Waals surface area (Å²) in [6.07, 6.45) is -5.09. The van der Waals surface area contributed by atoms with E-state index < -0.39 is 47.7 Å². The molecule has 0 aliphatic rings. The molecule has 0 radical (unpaired) electrons. The summed E-state index contributed by atoms with van der Waals surface area (Å²) in [5.74, 6) is -7.24. The topological polar surface area (TPSA) is 127 Å². The highest BCUT2D eigenvalue weighted by atomic mass is 19.1. The number of benzene rings is 2. The number of hydrogen-bond acceptors (Lipinski definition) is 8. The second-order valence-corrected chi connectivity index (χ2v) is 5.32. The van der Waals surface area contributed by atoms with Crippen LogP contribution in [0.25, 0.3) is 0 Å². The van der Waals surface area contributed by atoms with Crippen molar-refractivity contribution in [2.24, 2.45) is 0 Å². The molecule has 10 heteroatoms. The van der Waals surface area contributed by atoms with Gasteiger partial charge >= 0.3 is 23.9 Å². The number of hydrogen-bond donors (Lipinski definition) is 2. The molecule has 0 saturated carbocycles. The summed E-state index contributed by atoms with van der Waals surface area (Å²) in [4.78, 5) is 46.7. The molecular formula is C18H12F2O8. The monoisotopic (exact) mass is 394 g/mol. The van der Waals surface area contributed by atoms with Crippen molar-refractivity contribution in [3.05, 3.63) is 71.3 Å².